The van der Waals surface area contributed by atoms with E-state index in [0.717, 1.165) is 126 Å². The zero-order valence-corrected chi connectivity index (χ0v) is 54.9. The number of anilines is 6. The molecule has 17 rings (SSSR count). The molecule has 2 aromatic heterocycles. The molecule has 0 N–H and O–H groups in total. The fourth-order valence-electron chi connectivity index (χ4n) is 15.1. The first-order chi connectivity index (χ1) is 46.3. The van der Waals surface area contributed by atoms with Crippen LogP contribution < -0.4 is 25.5 Å². The van der Waals surface area contributed by atoms with Gasteiger partial charge in [-0.2, -0.15) is 0 Å². The summed E-state index contributed by atoms with van der Waals surface area (Å²) in [5, 5.41) is 7.80. The van der Waals surface area contributed by atoms with Crippen LogP contribution in [0.4, 0.5) is 34.1 Å². The lowest BCUT2D eigenvalue weighted by Gasteiger charge is -2.45. The molecule has 2 aliphatic rings. The SMILES string of the molecule is [2H]c1c([2H])c(-n2c3ccccc3c3ccccc32)c([2H])c2c1B1c3sc4cc(C(C)(C)C)ccc4c3N(c3c(-c4ccccc4)cc(C(C)(C)C)cc3-c3ccccc3)c3cc(C(C)(C)C)cc(c31)N2c1cccc(-c2c3ccccc3c(-c3ccccc3)c3ccccc23)c1. The van der Waals surface area contributed by atoms with Crippen molar-refractivity contribution in [1.82, 2.24) is 4.57 Å². The summed E-state index contributed by atoms with van der Waals surface area (Å²) in [6, 6.07) is 93.1. The fourth-order valence-corrected chi connectivity index (χ4v) is 16.4. The molecule has 0 bridgehead atoms. The first-order valence-electron chi connectivity index (χ1n) is 34.2. The highest BCUT2D eigenvalue weighted by Gasteiger charge is 2.47. The molecule has 13 aromatic carbocycles. The van der Waals surface area contributed by atoms with Crippen molar-refractivity contribution in [1.29, 1.82) is 0 Å². The highest BCUT2D eigenvalue weighted by atomic mass is 32.1. The predicted octanol–water partition coefficient (Wildman–Crippen LogP) is 22.9. The Hall–Kier alpha value is -10.2. The fraction of sp³-hybridized carbons (Fsp3) is 0.136. The molecule has 15 aromatic rings. The van der Waals surface area contributed by atoms with E-state index in [-0.39, 0.29) is 34.4 Å². The first kappa shape index (κ1) is 53.5. The molecule has 0 radical (unpaired) electrons. The molecule has 0 spiro atoms. The van der Waals surface area contributed by atoms with Crippen LogP contribution in [0.15, 0.2) is 273 Å². The minimum absolute atomic E-state index is 0.0160. The van der Waals surface area contributed by atoms with E-state index in [1.807, 2.05) is 12.1 Å². The number of benzene rings is 13. The summed E-state index contributed by atoms with van der Waals surface area (Å²) in [7, 11) is 0. The molecular formula is C88H72BN3S. The van der Waals surface area contributed by atoms with E-state index in [4.69, 9.17) is 0 Å². The third-order valence-corrected chi connectivity index (χ3v) is 20.9. The van der Waals surface area contributed by atoms with Crippen LogP contribution in [-0.4, -0.2) is 11.3 Å². The third kappa shape index (κ3) is 9.06. The Morgan fingerprint density at radius 2 is 0.817 bits per heavy atom. The average Bonchev–Trinajstić information content (AvgIpc) is 1.29. The van der Waals surface area contributed by atoms with E-state index >= 15 is 0 Å². The standard InChI is InChI=1S/C88H72BN3S/c1-86(2,3)59-44-46-70-79(53-59)93-85-84(70)92(83-71(55-28-13-10-14-29-55)49-60(87(4,5)6)50-72(83)56-30-15-11-16-31-56)78-52-61(88(7,8)9)51-77-82(78)89(85)73-47-45-63(90-74-42-25-23-36-64(74)65-37-24-26-43-75(65)90)54-76(73)91(77)62-35-27-34-58(48-62)81-68-40-21-19-38-66(68)80(57-32-17-12-18-33-57)67-39-20-22-41-69(67)81/h10-54H,1-9H3/i45D,47D,54D. The molecule has 5 heteroatoms. The van der Waals surface area contributed by atoms with Gasteiger partial charge in [0.15, 0.2) is 0 Å². The average molecular weight is 1220 g/mol. The van der Waals surface area contributed by atoms with Crippen LogP contribution in [0, 0.1) is 0 Å². The second-order valence-corrected chi connectivity index (χ2v) is 29.7. The number of fused-ring (bicyclic) bond motifs is 11. The van der Waals surface area contributed by atoms with E-state index in [9.17, 15) is 4.11 Å². The Bertz CT molecular complexity index is 5540. The molecule has 3 nitrogen and oxygen atoms in total. The predicted molar refractivity (Wildman–Crippen MR) is 403 cm³/mol. The lowest BCUT2D eigenvalue weighted by Crippen LogP contribution is -2.60. The molecule has 0 fully saturated rings. The van der Waals surface area contributed by atoms with Crippen LogP contribution in [0.1, 0.15) is 83.1 Å². The third-order valence-electron chi connectivity index (χ3n) is 19.7. The molecule has 4 heterocycles. The number of hydrogen-bond acceptors (Lipinski definition) is 3. The maximum Gasteiger partial charge on any atom is 0.264 e. The molecule has 0 saturated carbocycles. The molecule has 0 amide bonds. The molecule has 93 heavy (non-hydrogen) atoms. The van der Waals surface area contributed by atoms with Crippen molar-refractivity contribution in [2.45, 2.75) is 78.6 Å². The summed E-state index contributed by atoms with van der Waals surface area (Å²) < 4.78 is 37.5. The van der Waals surface area contributed by atoms with Gasteiger partial charge in [-0.3, -0.25) is 0 Å². The van der Waals surface area contributed by atoms with E-state index in [1.165, 1.54) is 27.5 Å². The number of aromatic nitrogens is 1. The van der Waals surface area contributed by atoms with Crippen molar-refractivity contribution >= 4 is 121 Å². The van der Waals surface area contributed by atoms with Gasteiger partial charge in [0.2, 0.25) is 0 Å². The highest BCUT2D eigenvalue weighted by molar-refractivity contribution is 7.33. The monoisotopic (exact) mass is 1220 g/mol. The van der Waals surface area contributed by atoms with E-state index in [0.29, 0.717) is 16.8 Å². The van der Waals surface area contributed by atoms with Crippen LogP contribution in [0.5, 0.6) is 0 Å². The van der Waals surface area contributed by atoms with Gasteiger partial charge in [-0.1, -0.05) is 269 Å². The number of para-hydroxylation sites is 2. The maximum absolute atomic E-state index is 11.4. The zero-order valence-electron chi connectivity index (χ0n) is 57.1. The topological polar surface area (TPSA) is 11.4 Å². The molecule has 0 atom stereocenters. The van der Waals surface area contributed by atoms with Gasteiger partial charge in [0.25, 0.3) is 6.71 Å². The Morgan fingerprint density at radius 1 is 0.355 bits per heavy atom. The van der Waals surface area contributed by atoms with Crippen LogP contribution in [-0.2, 0) is 16.2 Å². The van der Waals surface area contributed by atoms with Gasteiger partial charge in [0.05, 0.1) is 26.5 Å². The lowest BCUT2D eigenvalue weighted by atomic mass is 9.36. The van der Waals surface area contributed by atoms with Crippen molar-refractivity contribution in [3.63, 3.8) is 0 Å². The van der Waals surface area contributed by atoms with E-state index in [1.54, 1.807) is 11.3 Å². The van der Waals surface area contributed by atoms with Crippen LogP contribution in [0.25, 0.3) is 104 Å². The summed E-state index contributed by atoms with van der Waals surface area (Å²) in [5.74, 6) is 0. The van der Waals surface area contributed by atoms with Gasteiger partial charge in [-0.05, 0) is 165 Å². The first-order valence-corrected chi connectivity index (χ1v) is 33.5. The van der Waals surface area contributed by atoms with Gasteiger partial charge in [-0.15, -0.1) is 11.3 Å². The molecule has 448 valence electrons. The number of hydrogen-bond donors (Lipinski definition) is 0. The van der Waals surface area contributed by atoms with Crippen molar-refractivity contribution < 1.29 is 4.11 Å². The Balaban J connectivity index is 1.05. The number of nitrogens with zero attached hydrogens (tertiary/aromatic N) is 3. The summed E-state index contributed by atoms with van der Waals surface area (Å²) in [6.07, 6.45) is 0. The van der Waals surface area contributed by atoms with Crippen molar-refractivity contribution in [2.24, 2.45) is 0 Å². The minimum atomic E-state index is -0.569. The molecule has 0 saturated heterocycles. The summed E-state index contributed by atoms with van der Waals surface area (Å²) in [4.78, 5) is 4.97. The Labute approximate surface area is 554 Å². The molecule has 0 unspecified atom stereocenters. The van der Waals surface area contributed by atoms with Crippen LogP contribution in [0.2, 0.25) is 0 Å². The van der Waals surface area contributed by atoms with Crippen molar-refractivity contribution in [3.8, 4) is 50.2 Å². The number of thiophene rings is 1. The smallest absolute Gasteiger partial charge is 0.264 e. The Morgan fingerprint density at radius 3 is 1.35 bits per heavy atom. The molecule has 0 aliphatic carbocycles. The van der Waals surface area contributed by atoms with Crippen molar-refractivity contribution in [2.75, 3.05) is 9.80 Å². The summed E-state index contributed by atoms with van der Waals surface area (Å²) in [5.41, 5.74) is 21.2. The minimum Gasteiger partial charge on any atom is -0.311 e. The molecule has 2 aliphatic heterocycles. The largest absolute Gasteiger partial charge is 0.311 e. The van der Waals surface area contributed by atoms with Gasteiger partial charge >= 0.3 is 0 Å². The molecular weight excluding hydrogens is 1140 g/mol. The van der Waals surface area contributed by atoms with E-state index in [2.05, 4.69) is 319 Å². The van der Waals surface area contributed by atoms with Crippen LogP contribution >= 0.6 is 11.3 Å². The quantitative estimate of drug-likeness (QED) is 0.116. The summed E-state index contributed by atoms with van der Waals surface area (Å²) >= 11 is 1.80. The second-order valence-electron chi connectivity index (χ2n) is 28.6. The normalized spacial score (nSPS) is 13.6. The lowest BCUT2D eigenvalue weighted by molar-refractivity contribution is 0.590. The van der Waals surface area contributed by atoms with Gasteiger partial charge in [0.1, 0.15) is 0 Å². The highest BCUT2D eigenvalue weighted by Crippen LogP contribution is 2.56. The second kappa shape index (κ2) is 21.2. The Kier molecular flexibility index (Phi) is 12.2. The zero-order chi connectivity index (χ0) is 65.8. The summed E-state index contributed by atoms with van der Waals surface area (Å²) in [6.45, 7) is 20.2. The number of rotatable bonds is 7. The van der Waals surface area contributed by atoms with E-state index < -0.39 is 6.71 Å². The maximum atomic E-state index is 11.4. The van der Waals surface area contributed by atoms with Crippen LogP contribution in [0.3, 0.4) is 0 Å². The van der Waals surface area contributed by atoms with Crippen molar-refractivity contribution in [3.05, 3.63) is 290 Å². The van der Waals surface area contributed by atoms with Gasteiger partial charge in [-0.25, -0.2) is 0 Å². The van der Waals surface area contributed by atoms with Gasteiger partial charge in [0, 0.05) is 65.2 Å². The van der Waals surface area contributed by atoms with Gasteiger partial charge < -0.3 is 14.4 Å².